The van der Waals surface area contributed by atoms with Crippen molar-refractivity contribution in [3.63, 3.8) is 0 Å². The Morgan fingerprint density at radius 1 is 0.778 bits per heavy atom. The molecule has 1 fully saturated rings. The summed E-state index contributed by atoms with van der Waals surface area (Å²) in [4.78, 5) is 31.3. The van der Waals surface area contributed by atoms with Crippen molar-refractivity contribution < 1.29 is 8.78 Å². The van der Waals surface area contributed by atoms with E-state index in [-0.39, 0.29) is 42.1 Å². The summed E-state index contributed by atoms with van der Waals surface area (Å²) in [5, 5.41) is 0. The van der Waals surface area contributed by atoms with Gasteiger partial charge in [0.05, 0.1) is 0 Å². The van der Waals surface area contributed by atoms with Gasteiger partial charge >= 0.3 is 11.4 Å². The van der Waals surface area contributed by atoms with Crippen LogP contribution in [0.15, 0.2) is 63.7 Å². The topological polar surface area (TPSA) is 60.1 Å². The Hall–Kier alpha value is -2.81. The number of hydrogen-bond donors (Lipinski definition) is 0. The zero-order valence-electron chi connectivity index (χ0n) is 19.7. The van der Waals surface area contributed by atoms with Crippen LogP contribution in [-0.2, 0) is 19.5 Å². The molecule has 192 valence electrons. The van der Waals surface area contributed by atoms with Gasteiger partial charge in [0.15, 0.2) is 0 Å². The molecule has 0 atom stereocenters. The van der Waals surface area contributed by atoms with Crippen LogP contribution < -0.4 is 11.4 Å². The highest BCUT2D eigenvalue weighted by Crippen LogP contribution is 2.32. The summed E-state index contributed by atoms with van der Waals surface area (Å²) in [5.41, 5.74) is 3.31. The van der Waals surface area contributed by atoms with Crippen LogP contribution in [0.5, 0.6) is 0 Å². The van der Waals surface area contributed by atoms with Gasteiger partial charge in [0.25, 0.3) is 0 Å². The summed E-state index contributed by atoms with van der Waals surface area (Å²) in [6.45, 7) is 3.07. The van der Waals surface area contributed by atoms with Crippen LogP contribution in [0.4, 0.5) is 8.78 Å². The molecule has 2 aromatic carbocycles. The summed E-state index contributed by atoms with van der Waals surface area (Å²) >= 11 is 0. The molecule has 10 heteroatoms. The molecule has 3 aromatic rings. The Bertz CT molecular complexity index is 1290. The molecule has 0 spiro atoms. The number of likely N-dealkylation sites (tertiary alicyclic amines) is 1. The minimum Gasteiger partial charge on any atom is -0.301 e. The van der Waals surface area contributed by atoms with Crippen LogP contribution in [0.2, 0.25) is 0 Å². The molecular weight excluding hydrogens is 509 g/mol. The van der Waals surface area contributed by atoms with Crippen molar-refractivity contribution >= 4 is 30.4 Å². The number of halogens is 4. The Morgan fingerprint density at radius 2 is 1.33 bits per heavy atom. The fourth-order valence-electron chi connectivity index (χ4n) is 4.92. The molecule has 0 unspecified atom stereocenters. The number of piperidine rings is 1. The molecule has 36 heavy (non-hydrogen) atoms. The SMILES string of the molecule is Cl.Cl.O=c1nc2n(c(=O)n1CCN1CCC(=C(c3ccc(F)cc3)c3ccc(F)cc3)CC1)CCC2. The van der Waals surface area contributed by atoms with Gasteiger partial charge < -0.3 is 4.90 Å². The van der Waals surface area contributed by atoms with Crippen molar-refractivity contribution in [2.45, 2.75) is 38.8 Å². The minimum absolute atomic E-state index is 0. The maximum atomic E-state index is 13.5. The molecule has 1 saturated heterocycles. The molecule has 0 bridgehead atoms. The largest absolute Gasteiger partial charge is 0.353 e. The van der Waals surface area contributed by atoms with E-state index in [1.165, 1.54) is 34.4 Å². The van der Waals surface area contributed by atoms with Crippen molar-refractivity contribution in [3.8, 4) is 0 Å². The van der Waals surface area contributed by atoms with Gasteiger partial charge in [-0.3, -0.25) is 4.57 Å². The van der Waals surface area contributed by atoms with E-state index in [0.29, 0.717) is 31.9 Å². The lowest BCUT2D eigenvalue weighted by Crippen LogP contribution is -2.44. The highest BCUT2D eigenvalue weighted by atomic mass is 35.5. The first kappa shape index (κ1) is 27.8. The van der Waals surface area contributed by atoms with Gasteiger partial charge in [-0.25, -0.2) is 22.9 Å². The second-order valence-electron chi connectivity index (χ2n) is 8.83. The Labute approximate surface area is 220 Å². The lowest BCUT2D eigenvalue weighted by molar-refractivity contribution is 0.243. The third-order valence-electron chi connectivity index (χ3n) is 6.73. The molecule has 5 rings (SSSR count). The second kappa shape index (κ2) is 12.0. The average molecular weight is 537 g/mol. The highest BCUT2D eigenvalue weighted by molar-refractivity contribution is 5.85. The predicted molar refractivity (Wildman–Crippen MR) is 140 cm³/mol. The third kappa shape index (κ3) is 5.77. The van der Waals surface area contributed by atoms with Gasteiger partial charge in [0.2, 0.25) is 0 Å². The highest BCUT2D eigenvalue weighted by Gasteiger charge is 2.21. The van der Waals surface area contributed by atoms with E-state index in [9.17, 15) is 18.4 Å². The van der Waals surface area contributed by atoms with Crippen LogP contribution in [0.25, 0.3) is 5.57 Å². The standard InChI is InChI=1S/C26H26F2N4O2.2ClH/c27-21-7-3-18(4-8-21)24(19-5-9-22(28)10-6-19)20-11-14-30(15-12-20)16-17-32-25(33)29-23-2-1-13-31(23)26(32)34;;/h3-10H,1-2,11-17H2;2*1H. The van der Waals surface area contributed by atoms with Crippen LogP contribution in [0.1, 0.15) is 36.2 Å². The smallest absolute Gasteiger partial charge is 0.301 e. The number of aromatic nitrogens is 3. The fourth-order valence-corrected chi connectivity index (χ4v) is 4.92. The first-order valence-corrected chi connectivity index (χ1v) is 11.7. The lowest BCUT2D eigenvalue weighted by Gasteiger charge is -2.30. The Kier molecular flexibility index (Phi) is 9.22. The molecule has 1 aromatic heterocycles. The van der Waals surface area contributed by atoms with E-state index in [1.54, 1.807) is 28.8 Å². The third-order valence-corrected chi connectivity index (χ3v) is 6.73. The quantitative estimate of drug-likeness (QED) is 0.493. The van der Waals surface area contributed by atoms with E-state index in [1.807, 2.05) is 0 Å². The monoisotopic (exact) mass is 536 g/mol. The van der Waals surface area contributed by atoms with E-state index in [4.69, 9.17) is 0 Å². The summed E-state index contributed by atoms with van der Waals surface area (Å²) in [7, 11) is 0. The van der Waals surface area contributed by atoms with Crippen LogP contribution in [0.3, 0.4) is 0 Å². The fraction of sp³-hybridized carbons (Fsp3) is 0.346. The summed E-state index contributed by atoms with van der Waals surface area (Å²) in [6.07, 6.45) is 3.11. The average Bonchev–Trinajstić information content (AvgIpc) is 3.31. The van der Waals surface area contributed by atoms with Crippen molar-refractivity contribution in [1.82, 2.24) is 19.0 Å². The molecule has 3 heterocycles. The summed E-state index contributed by atoms with van der Waals surface area (Å²) in [6, 6.07) is 12.8. The molecule has 2 aliphatic rings. The normalized spacial score (nSPS) is 15.1. The maximum absolute atomic E-state index is 13.5. The van der Waals surface area contributed by atoms with Gasteiger partial charge in [-0.1, -0.05) is 29.8 Å². The van der Waals surface area contributed by atoms with E-state index < -0.39 is 5.69 Å². The van der Waals surface area contributed by atoms with E-state index in [0.717, 1.165) is 49.1 Å². The van der Waals surface area contributed by atoms with Gasteiger partial charge in [0.1, 0.15) is 17.5 Å². The Balaban J connectivity index is 0.00000180. The molecular formula is C26H28Cl2F2N4O2. The second-order valence-corrected chi connectivity index (χ2v) is 8.83. The molecule has 0 N–H and O–H groups in total. The number of benzene rings is 2. The van der Waals surface area contributed by atoms with Crippen LogP contribution in [-0.4, -0.2) is 38.7 Å². The molecule has 6 nitrogen and oxygen atoms in total. The molecule has 0 amide bonds. The van der Waals surface area contributed by atoms with Crippen molar-refractivity contribution in [2.24, 2.45) is 0 Å². The minimum atomic E-state index is -0.467. The van der Waals surface area contributed by atoms with Gasteiger partial charge in [0, 0.05) is 39.1 Å². The van der Waals surface area contributed by atoms with Crippen molar-refractivity contribution in [2.75, 3.05) is 19.6 Å². The first-order valence-electron chi connectivity index (χ1n) is 11.7. The zero-order chi connectivity index (χ0) is 23.7. The first-order chi connectivity index (χ1) is 16.5. The summed E-state index contributed by atoms with van der Waals surface area (Å²) < 4.78 is 29.9. The molecule has 0 aliphatic carbocycles. The lowest BCUT2D eigenvalue weighted by atomic mass is 9.88. The van der Waals surface area contributed by atoms with Crippen LogP contribution >= 0.6 is 24.8 Å². The van der Waals surface area contributed by atoms with Gasteiger partial charge in [-0.2, -0.15) is 4.98 Å². The number of rotatable bonds is 5. The number of hydrogen-bond acceptors (Lipinski definition) is 4. The van der Waals surface area contributed by atoms with Crippen LogP contribution in [0, 0.1) is 11.6 Å². The van der Waals surface area contributed by atoms with E-state index in [2.05, 4.69) is 9.88 Å². The molecule has 0 radical (unpaired) electrons. The molecule has 0 saturated carbocycles. The summed E-state index contributed by atoms with van der Waals surface area (Å²) in [5.74, 6) is -0.00319. The van der Waals surface area contributed by atoms with E-state index >= 15 is 0 Å². The maximum Gasteiger partial charge on any atom is 0.353 e. The Morgan fingerprint density at radius 3 is 1.89 bits per heavy atom. The number of aryl methyl sites for hydroxylation is 1. The van der Waals surface area contributed by atoms with Gasteiger partial charge in [-0.15, -0.1) is 24.8 Å². The van der Waals surface area contributed by atoms with Crippen molar-refractivity contribution in [3.05, 3.63) is 104 Å². The van der Waals surface area contributed by atoms with Gasteiger partial charge in [-0.05, 0) is 60.2 Å². The predicted octanol–water partition coefficient (Wildman–Crippen LogP) is 4.07. The number of nitrogens with zero attached hydrogens (tertiary/aromatic N) is 4. The zero-order valence-corrected chi connectivity index (χ0v) is 21.3. The van der Waals surface area contributed by atoms with Crippen molar-refractivity contribution in [1.29, 1.82) is 0 Å². The molecule has 2 aliphatic heterocycles. The number of fused-ring (bicyclic) bond motifs is 1.